The van der Waals surface area contributed by atoms with Gasteiger partial charge in [0.2, 0.25) is 0 Å². The van der Waals surface area contributed by atoms with Crippen LogP contribution < -0.4 is 5.32 Å². The second-order valence-electron chi connectivity index (χ2n) is 3.47. The Balaban J connectivity index is 2.01. The largest absolute Gasteiger partial charge is 0.421 e. The van der Waals surface area contributed by atoms with Crippen molar-refractivity contribution in [1.82, 2.24) is 5.32 Å². The number of rotatable bonds is 3. The van der Waals surface area contributed by atoms with Crippen LogP contribution in [0.3, 0.4) is 0 Å². The molecular formula is C13H13NO2. The number of nitrogens with one attached hydrogen (secondary N) is 1. The Labute approximate surface area is 94.4 Å². The minimum Gasteiger partial charge on any atom is -0.421 e. The number of esters is 1. The van der Waals surface area contributed by atoms with E-state index >= 15 is 0 Å². The van der Waals surface area contributed by atoms with Gasteiger partial charge in [-0.15, -0.1) is 0 Å². The Morgan fingerprint density at radius 1 is 1.31 bits per heavy atom. The third-order valence-corrected chi connectivity index (χ3v) is 2.33. The minimum atomic E-state index is -0.316. The Morgan fingerprint density at radius 3 is 2.75 bits per heavy atom. The lowest BCUT2D eigenvalue weighted by Crippen LogP contribution is -2.12. The maximum atomic E-state index is 11.1. The Kier molecular flexibility index (Phi) is 3.05. The van der Waals surface area contributed by atoms with Crippen LogP contribution in [0.15, 0.2) is 53.9 Å². The number of hydrogen-bond acceptors (Lipinski definition) is 3. The third kappa shape index (κ3) is 2.31. The van der Waals surface area contributed by atoms with Crippen molar-refractivity contribution in [3.63, 3.8) is 0 Å². The van der Waals surface area contributed by atoms with Gasteiger partial charge in [0.05, 0.1) is 11.8 Å². The van der Waals surface area contributed by atoms with Crippen LogP contribution in [0.4, 0.5) is 0 Å². The molecule has 2 rings (SSSR count). The summed E-state index contributed by atoms with van der Waals surface area (Å²) in [4.78, 5) is 11.1. The molecule has 0 radical (unpaired) electrons. The number of carbonyl (C=O) groups excluding carboxylic acids is 1. The highest BCUT2D eigenvalue weighted by molar-refractivity contribution is 5.88. The van der Waals surface area contributed by atoms with E-state index in [4.69, 9.17) is 4.74 Å². The number of allylic oxidation sites excluding steroid dienone is 1. The Hall–Kier alpha value is -2.03. The van der Waals surface area contributed by atoms with Gasteiger partial charge in [0.1, 0.15) is 5.76 Å². The third-order valence-electron chi connectivity index (χ3n) is 2.33. The highest BCUT2D eigenvalue weighted by atomic mass is 16.5. The normalized spacial score (nSPS) is 17.2. The molecule has 82 valence electrons. The number of carbonyl (C=O) groups is 1. The van der Waals surface area contributed by atoms with Crippen molar-refractivity contribution in [2.75, 3.05) is 0 Å². The smallest absolute Gasteiger partial charge is 0.338 e. The zero-order valence-corrected chi connectivity index (χ0v) is 9.07. The van der Waals surface area contributed by atoms with E-state index in [9.17, 15) is 4.79 Å². The van der Waals surface area contributed by atoms with Crippen molar-refractivity contribution in [3.8, 4) is 0 Å². The summed E-state index contributed by atoms with van der Waals surface area (Å²) in [6, 6.07) is 10.00. The molecular weight excluding hydrogens is 202 g/mol. The zero-order valence-electron chi connectivity index (χ0n) is 9.07. The van der Waals surface area contributed by atoms with Crippen LogP contribution in [0.1, 0.15) is 12.5 Å². The van der Waals surface area contributed by atoms with Gasteiger partial charge in [0.15, 0.2) is 0 Å². The molecule has 16 heavy (non-hydrogen) atoms. The summed E-state index contributed by atoms with van der Waals surface area (Å²) in [5, 5.41) is 3.18. The van der Waals surface area contributed by atoms with Crippen molar-refractivity contribution in [1.29, 1.82) is 0 Å². The summed E-state index contributed by atoms with van der Waals surface area (Å²) in [7, 11) is 0. The zero-order chi connectivity index (χ0) is 11.4. The van der Waals surface area contributed by atoms with E-state index in [-0.39, 0.29) is 5.97 Å². The molecule has 1 aliphatic heterocycles. The van der Waals surface area contributed by atoms with Gasteiger partial charge >= 0.3 is 5.97 Å². The molecule has 1 N–H and O–H groups in total. The lowest BCUT2D eigenvalue weighted by Gasteiger charge is -2.07. The fraction of sp³-hybridized carbons (Fsp3) is 0.154. The molecule has 0 atom stereocenters. The van der Waals surface area contributed by atoms with Gasteiger partial charge < -0.3 is 10.1 Å². The second-order valence-corrected chi connectivity index (χ2v) is 3.47. The molecule has 1 aliphatic rings. The molecule has 3 nitrogen and oxygen atoms in total. The van der Waals surface area contributed by atoms with Crippen LogP contribution in [0.25, 0.3) is 0 Å². The second kappa shape index (κ2) is 4.66. The van der Waals surface area contributed by atoms with Crippen molar-refractivity contribution >= 4 is 5.97 Å². The number of hydrogen-bond donors (Lipinski definition) is 1. The molecule has 0 bridgehead atoms. The van der Waals surface area contributed by atoms with Gasteiger partial charge in [0.25, 0.3) is 0 Å². The van der Waals surface area contributed by atoms with E-state index in [1.165, 1.54) is 11.6 Å². The van der Waals surface area contributed by atoms with Crippen LogP contribution in [-0.2, 0) is 16.1 Å². The molecule has 0 unspecified atom stereocenters. The summed E-state index contributed by atoms with van der Waals surface area (Å²) in [5.74, 6) is 0.282. The fourth-order valence-corrected chi connectivity index (χ4v) is 1.53. The molecule has 0 saturated carbocycles. The van der Waals surface area contributed by atoms with Gasteiger partial charge in [-0.1, -0.05) is 30.3 Å². The maximum Gasteiger partial charge on any atom is 0.338 e. The van der Waals surface area contributed by atoms with E-state index in [0.29, 0.717) is 12.3 Å². The topological polar surface area (TPSA) is 38.3 Å². The van der Waals surface area contributed by atoms with Crippen molar-refractivity contribution in [2.24, 2.45) is 0 Å². The lowest BCUT2D eigenvalue weighted by molar-refractivity contribution is -0.132. The summed E-state index contributed by atoms with van der Waals surface area (Å²) in [6.07, 6.45) is 3.24. The average Bonchev–Trinajstić information content (AvgIpc) is 2.68. The minimum absolute atomic E-state index is 0.316. The number of ether oxygens (including phenoxy) is 1. The first kappa shape index (κ1) is 10.5. The summed E-state index contributed by atoms with van der Waals surface area (Å²) < 4.78 is 4.98. The van der Waals surface area contributed by atoms with E-state index in [0.717, 1.165) is 5.70 Å². The van der Waals surface area contributed by atoms with Crippen LogP contribution in [0, 0.1) is 0 Å². The molecule has 0 aliphatic carbocycles. The number of cyclic esters (lactones) is 1. The monoisotopic (exact) mass is 215 g/mol. The van der Waals surface area contributed by atoms with Gasteiger partial charge in [0, 0.05) is 6.54 Å². The van der Waals surface area contributed by atoms with Crippen LogP contribution >= 0.6 is 0 Å². The van der Waals surface area contributed by atoms with Gasteiger partial charge in [-0.2, -0.15) is 0 Å². The fourth-order valence-electron chi connectivity index (χ4n) is 1.53. The van der Waals surface area contributed by atoms with Crippen molar-refractivity contribution in [2.45, 2.75) is 13.5 Å². The predicted octanol–water partition coefficient (Wildman–Crippen LogP) is 2.12. The Morgan fingerprint density at radius 2 is 2.06 bits per heavy atom. The summed E-state index contributed by atoms with van der Waals surface area (Å²) in [5.41, 5.74) is 1.91. The first-order valence-electron chi connectivity index (χ1n) is 5.17. The molecule has 0 saturated heterocycles. The molecule has 0 fully saturated rings. The average molecular weight is 215 g/mol. The van der Waals surface area contributed by atoms with E-state index in [1.54, 1.807) is 6.08 Å². The first-order valence-corrected chi connectivity index (χ1v) is 5.17. The molecule has 1 aromatic carbocycles. The van der Waals surface area contributed by atoms with Crippen LogP contribution in [-0.4, -0.2) is 5.97 Å². The molecule has 0 spiro atoms. The maximum absolute atomic E-state index is 11.1. The standard InChI is InChI=1S/C13H13NO2/c1-2-12-11(8-13(15)16-12)14-9-10-6-4-3-5-7-10/h2-8,14H,9H2,1H3/b12-2+. The summed E-state index contributed by atoms with van der Waals surface area (Å²) >= 11 is 0. The molecule has 0 amide bonds. The van der Waals surface area contributed by atoms with Crippen LogP contribution in [0.5, 0.6) is 0 Å². The summed E-state index contributed by atoms with van der Waals surface area (Å²) in [6.45, 7) is 2.52. The van der Waals surface area contributed by atoms with Gasteiger partial charge in [-0.25, -0.2) is 4.79 Å². The highest BCUT2D eigenvalue weighted by Gasteiger charge is 2.18. The van der Waals surface area contributed by atoms with Crippen molar-refractivity contribution < 1.29 is 9.53 Å². The predicted molar refractivity (Wildman–Crippen MR) is 61.2 cm³/mol. The molecule has 0 aromatic heterocycles. The first-order chi connectivity index (χ1) is 7.79. The van der Waals surface area contributed by atoms with Gasteiger partial charge in [-0.3, -0.25) is 0 Å². The van der Waals surface area contributed by atoms with E-state index in [1.807, 2.05) is 37.3 Å². The quantitative estimate of drug-likeness (QED) is 0.785. The Bertz CT molecular complexity index is 446. The van der Waals surface area contributed by atoms with Crippen molar-refractivity contribution in [3.05, 3.63) is 59.5 Å². The molecule has 3 heteroatoms. The van der Waals surface area contributed by atoms with E-state index < -0.39 is 0 Å². The van der Waals surface area contributed by atoms with E-state index in [2.05, 4.69) is 5.32 Å². The molecule has 1 heterocycles. The SMILES string of the molecule is C/C=C1/OC(=O)C=C1NCc1ccccc1. The molecule has 1 aromatic rings. The van der Waals surface area contributed by atoms with Crippen LogP contribution in [0.2, 0.25) is 0 Å². The highest BCUT2D eigenvalue weighted by Crippen LogP contribution is 2.17. The number of benzene rings is 1. The lowest BCUT2D eigenvalue weighted by atomic mass is 10.2. The van der Waals surface area contributed by atoms with Gasteiger partial charge in [-0.05, 0) is 18.6 Å².